The van der Waals surface area contributed by atoms with Crippen LogP contribution in [0.1, 0.15) is 146 Å². The zero-order chi connectivity index (χ0) is 50.4. The molecule has 3 saturated heterocycles. The molecule has 0 saturated carbocycles. The van der Waals surface area contributed by atoms with Crippen molar-refractivity contribution in [2.75, 3.05) is 52.9 Å². The van der Waals surface area contributed by atoms with Gasteiger partial charge in [0.15, 0.2) is 0 Å². The third kappa shape index (κ3) is 19.6. The number of aliphatic hydroxyl groups is 1. The molecule has 3 aliphatic rings. The van der Waals surface area contributed by atoms with E-state index in [1.807, 2.05) is 27.7 Å². The van der Waals surface area contributed by atoms with Crippen molar-refractivity contribution in [3.8, 4) is 0 Å². The number of aliphatic hydroxyl groups excluding tert-OH is 1. The first-order valence-electron chi connectivity index (χ1n) is 22.6. The van der Waals surface area contributed by atoms with Gasteiger partial charge in [0.2, 0.25) is 0 Å². The Morgan fingerprint density at radius 1 is 0.433 bits per heavy atom. The SMILES string of the molecule is CC(C)(CCOC(C)(C)CC(=O)ON1C(=O)CCC1=O)OCC(CO)(COCCCOC(C)(C)CC(=O)ON1C(=O)CCC1=O)COC(C)(C)CCOC(C)(C)CC(=O)ON1C(=O)CCC1=O. The van der Waals surface area contributed by atoms with Crippen molar-refractivity contribution in [1.82, 2.24) is 15.2 Å². The van der Waals surface area contributed by atoms with Crippen molar-refractivity contribution in [3.63, 3.8) is 0 Å². The second kappa shape index (κ2) is 24.2. The fraction of sp³-hybridized carbons (Fsp3) is 0.800. The lowest BCUT2D eigenvalue weighted by Crippen LogP contribution is -2.46. The largest absolute Gasteiger partial charge is 0.396 e. The summed E-state index contributed by atoms with van der Waals surface area (Å²) in [6.45, 7) is 17.5. The van der Waals surface area contributed by atoms with Crippen LogP contribution in [0.5, 0.6) is 0 Å². The van der Waals surface area contributed by atoms with Gasteiger partial charge < -0.3 is 48.0 Å². The van der Waals surface area contributed by atoms with Gasteiger partial charge in [0.05, 0.1) is 92.3 Å². The predicted octanol–water partition coefficient (Wildman–Crippen LogP) is 3.12. The molecule has 0 atom stereocenters. The molecule has 3 rings (SSSR count). The fourth-order valence-electron chi connectivity index (χ4n) is 6.62. The van der Waals surface area contributed by atoms with Gasteiger partial charge >= 0.3 is 17.9 Å². The van der Waals surface area contributed by atoms with Crippen LogP contribution in [0.4, 0.5) is 0 Å². The number of nitrogens with zero attached hydrogens (tertiary/aromatic N) is 3. The number of rotatable bonds is 31. The minimum absolute atomic E-state index is 0.00932. The predicted molar refractivity (Wildman–Crippen MR) is 230 cm³/mol. The number of amides is 6. The maximum absolute atomic E-state index is 12.5. The summed E-state index contributed by atoms with van der Waals surface area (Å²) in [5, 5.41) is 12.4. The fourth-order valence-corrected chi connectivity index (χ4v) is 6.62. The van der Waals surface area contributed by atoms with E-state index in [-0.39, 0.29) is 104 Å². The minimum atomic E-state index is -1.09. The molecule has 3 heterocycles. The summed E-state index contributed by atoms with van der Waals surface area (Å²) in [4.78, 5) is 124. The van der Waals surface area contributed by atoms with E-state index in [2.05, 4.69) is 0 Å². The highest BCUT2D eigenvalue weighted by Crippen LogP contribution is 2.29. The van der Waals surface area contributed by atoms with E-state index in [1.54, 1.807) is 41.5 Å². The zero-order valence-corrected chi connectivity index (χ0v) is 40.8. The highest BCUT2D eigenvalue weighted by atomic mass is 16.7. The van der Waals surface area contributed by atoms with Crippen LogP contribution in [-0.2, 0) is 86.1 Å². The van der Waals surface area contributed by atoms with Crippen molar-refractivity contribution in [2.45, 2.75) is 174 Å². The van der Waals surface area contributed by atoms with E-state index in [0.717, 1.165) is 0 Å². The summed E-state index contributed by atoms with van der Waals surface area (Å²) in [5.74, 6) is -5.87. The molecule has 3 fully saturated rings. The molecule has 0 radical (unpaired) electrons. The van der Waals surface area contributed by atoms with Gasteiger partial charge in [0.25, 0.3) is 35.4 Å². The third-order valence-corrected chi connectivity index (χ3v) is 10.9. The lowest BCUT2D eigenvalue weighted by molar-refractivity contribution is -0.201. The van der Waals surface area contributed by atoms with Gasteiger partial charge in [0, 0.05) is 51.7 Å². The summed E-state index contributed by atoms with van der Waals surface area (Å²) in [5.41, 5.74) is -5.78. The number of imide groups is 3. The van der Waals surface area contributed by atoms with E-state index < -0.39 is 93.4 Å². The smallest absolute Gasteiger partial charge is 0.336 e. The molecule has 380 valence electrons. The third-order valence-electron chi connectivity index (χ3n) is 10.9. The van der Waals surface area contributed by atoms with Crippen LogP contribution in [0.25, 0.3) is 0 Å². The van der Waals surface area contributed by atoms with Crippen LogP contribution in [0.3, 0.4) is 0 Å². The standard InChI is InChI=1S/C45H71N3O19/c1-40(2,18-22-61-43(7,8)25-38(57)66-47-33(52)14-15-34(47)53)63-29-45(27-49,28-59-20-11-21-60-42(5,6)24-37(56)65-46-31(50)12-13-32(46)51)30-64-41(3,4)19-23-62-44(9,10)26-39(58)67-48-35(54)16-17-36(48)55/h49H,11-30H2,1-10H3. The summed E-state index contributed by atoms with van der Waals surface area (Å²) in [7, 11) is 0. The Balaban J connectivity index is 1.56. The van der Waals surface area contributed by atoms with Crippen LogP contribution in [0, 0.1) is 5.41 Å². The summed E-state index contributed by atoms with van der Waals surface area (Å²) >= 11 is 0. The Kier molecular flexibility index (Phi) is 20.5. The summed E-state index contributed by atoms with van der Waals surface area (Å²) in [6, 6.07) is 0. The molecule has 0 unspecified atom stereocenters. The monoisotopic (exact) mass is 957 g/mol. The topological polar surface area (TPSA) is 267 Å². The van der Waals surface area contributed by atoms with Crippen molar-refractivity contribution >= 4 is 53.4 Å². The van der Waals surface area contributed by atoms with E-state index in [0.29, 0.717) is 34.5 Å². The van der Waals surface area contributed by atoms with E-state index in [9.17, 15) is 48.3 Å². The van der Waals surface area contributed by atoms with Gasteiger partial charge in [-0.3, -0.25) is 28.8 Å². The zero-order valence-electron chi connectivity index (χ0n) is 40.8. The molecule has 0 aromatic carbocycles. The van der Waals surface area contributed by atoms with Crippen LogP contribution in [-0.4, -0.2) is 155 Å². The van der Waals surface area contributed by atoms with Crippen LogP contribution >= 0.6 is 0 Å². The molecule has 0 spiro atoms. The van der Waals surface area contributed by atoms with Crippen LogP contribution < -0.4 is 0 Å². The molecule has 0 aromatic rings. The maximum Gasteiger partial charge on any atom is 0.336 e. The summed E-state index contributed by atoms with van der Waals surface area (Å²) < 4.78 is 36.8. The second-order valence-corrected chi connectivity index (χ2v) is 20.2. The molecule has 67 heavy (non-hydrogen) atoms. The average molecular weight is 958 g/mol. The highest BCUT2D eigenvalue weighted by Gasteiger charge is 2.40. The molecule has 0 aromatic heterocycles. The van der Waals surface area contributed by atoms with Gasteiger partial charge in [0.1, 0.15) is 0 Å². The molecular weight excluding hydrogens is 886 g/mol. The number of carbonyl (C=O) groups excluding carboxylic acids is 9. The summed E-state index contributed by atoms with van der Waals surface area (Å²) in [6.07, 6.45) is 0.254. The van der Waals surface area contributed by atoms with Crippen molar-refractivity contribution < 1.29 is 91.2 Å². The molecule has 3 aliphatic heterocycles. The van der Waals surface area contributed by atoms with E-state index in [1.165, 1.54) is 0 Å². The van der Waals surface area contributed by atoms with E-state index in [4.69, 9.17) is 42.9 Å². The highest BCUT2D eigenvalue weighted by molar-refractivity contribution is 6.02. The normalized spacial score (nSPS) is 16.8. The Morgan fingerprint density at radius 3 is 1.03 bits per heavy atom. The molecule has 22 nitrogen and oxygen atoms in total. The number of hydroxylamine groups is 6. The second-order valence-electron chi connectivity index (χ2n) is 20.2. The quantitative estimate of drug-likeness (QED) is 0.0772. The van der Waals surface area contributed by atoms with Gasteiger partial charge in [-0.15, -0.1) is 15.2 Å². The first kappa shape index (κ1) is 56.9. The van der Waals surface area contributed by atoms with Gasteiger partial charge in [-0.05, 0) is 88.5 Å². The van der Waals surface area contributed by atoms with Gasteiger partial charge in [-0.25, -0.2) is 14.4 Å². The number of carbonyl (C=O) groups is 9. The Labute approximate surface area is 391 Å². The minimum Gasteiger partial charge on any atom is -0.396 e. The molecule has 0 bridgehead atoms. The molecule has 1 N–H and O–H groups in total. The number of hydrogen-bond donors (Lipinski definition) is 1. The first-order valence-corrected chi connectivity index (χ1v) is 22.6. The maximum atomic E-state index is 12.5. The number of ether oxygens (including phenoxy) is 6. The van der Waals surface area contributed by atoms with Crippen molar-refractivity contribution in [3.05, 3.63) is 0 Å². The van der Waals surface area contributed by atoms with Crippen LogP contribution in [0.2, 0.25) is 0 Å². The van der Waals surface area contributed by atoms with E-state index >= 15 is 0 Å². The Bertz CT molecular complexity index is 1670. The van der Waals surface area contributed by atoms with Crippen molar-refractivity contribution in [1.29, 1.82) is 0 Å². The van der Waals surface area contributed by atoms with Crippen LogP contribution in [0.15, 0.2) is 0 Å². The first-order chi connectivity index (χ1) is 31.0. The molecule has 22 heteroatoms. The number of hydrogen-bond acceptors (Lipinski definition) is 19. The Morgan fingerprint density at radius 2 is 0.731 bits per heavy atom. The Hall–Kier alpha value is -4.45. The van der Waals surface area contributed by atoms with Gasteiger partial charge in [-0.2, -0.15) is 0 Å². The average Bonchev–Trinajstić information content (AvgIpc) is 3.82. The lowest BCUT2D eigenvalue weighted by atomic mass is 9.91. The molecule has 0 aliphatic carbocycles. The molecule has 6 amide bonds. The lowest BCUT2D eigenvalue weighted by Gasteiger charge is -2.38. The van der Waals surface area contributed by atoms with Gasteiger partial charge in [-0.1, -0.05) is 0 Å². The van der Waals surface area contributed by atoms with Crippen molar-refractivity contribution in [2.24, 2.45) is 5.41 Å². The molecular formula is C45H71N3O19.